The normalized spacial score (nSPS) is 20.4. The summed E-state index contributed by atoms with van der Waals surface area (Å²) in [5, 5.41) is 4.18. The molecule has 150 valence electrons. The Bertz CT molecular complexity index is 831. The maximum absolute atomic E-state index is 12.9. The van der Waals surface area contributed by atoms with E-state index in [9.17, 15) is 4.79 Å². The second-order valence-electron chi connectivity index (χ2n) is 7.18. The number of nitrogens with zero attached hydrogens (tertiary/aromatic N) is 3. The van der Waals surface area contributed by atoms with Crippen molar-refractivity contribution in [1.82, 2.24) is 15.0 Å². The van der Waals surface area contributed by atoms with Crippen molar-refractivity contribution in [3.63, 3.8) is 0 Å². The molecule has 28 heavy (non-hydrogen) atoms. The van der Waals surface area contributed by atoms with Crippen LogP contribution < -0.4 is 9.47 Å². The van der Waals surface area contributed by atoms with Crippen LogP contribution in [0.25, 0.3) is 0 Å². The van der Waals surface area contributed by atoms with E-state index in [1.54, 1.807) is 32.4 Å². The lowest BCUT2D eigenvalue weighted by Gasteiger charge is -2.18. The monoisotopic (exact) mass is 387 g/mol. The van der Waals surface area contributed by atoms with E-state index in [0.717, 1.165) is 38.3 Å². The van der Waals surface area contributed by atoms with Gasteiger partial charge in [-0.2, -0.15) is 4.98 Å². The molecule has 0 N–H and O–H groups in total. The number of methoxy groups -OCH3 is 2. The van der Waals surface area contributed by atoms with E-state index in [1.807, 2.05) is 4.90 Å². The molecule has 2 aromatic rings. The predicted octanol–water partition coefficient (Wildman–Crippen LogP) is 2.61. The molecule has 0 aliphatic carbocycles. The Morgan fingerprint density at radius 3 is 2.64 bits per heavy atom. The van der Waals surface area contributed by atoms with Crippen molar-refractivity contribution in [3.8, 4) is 11.5 Å². The summed E-state index contributed by atoms with van der Waals surface area (Å²) in [7, 11) is 3.13. The van der Waals surface area contributed by atoms with Gasteiger partial charge in [0.15, 0.2) is 17.3 Å². The van der Waals surface area contributed by atoms with Crippen molar-refractivity contribution in [2.75, 3.05) is 40.5 Å². The maximum Gasteiger partial charge on any atom is 0.254 e. The molecule has 1 unspecified atom stereocenters. The number of aromatic nitrogens is 2. The zero-order chi connectivity index (χ0) is 19.5. The molecule has 0 radical (unpaired) electrons. The van der Waals surface area contributed by atoms with Crippen molar-refractivity contribution < 1.29 is 23.5 Å². The minimum Gasteiger partial charge on any atom is -0.493 e. The first-order chi connectivity index (χ1) is 13.7. The molecule has 1 aromatic heterocycles. The predicted molar refractivity (Wildman–Crippen MR) is 99.9 cm³/mol. The standard InChI is InChI=1S/C20H25N3O5/c1-25-16-4-3-14(11-17(16)26-2)20(24)23-8-5-15(12-23)19-21-18(22-28-19)13-6-9-27-10-7-13/h3-4,11,13,15H,5-10,12H2,1-2H3. The number of likely N-dealkylation sites (tertiary alicyclic amines) is 1. The highest BCUT2D eigenvalue weighted by molar-refractivity contribution is 5.95. The van der Waals surface area contributed by atoms with Crippen LogP contribution in [0.3, 0.4) is 0 Å². The number of carbonyl (C=O) groups excluding carboxylic acids is 1. The van der Waals surface area contributed by atoms with Gasteiger partial charge in [-0.15, -0.1) is 0 Å². The Labute approximate surface area is 163 Å². The van der Waals surface area contributed by atoms with Gasteiger partial charge in [0.05, 0.1) is 20.1 Å². The molecule has 2 fully saturated rings. The van der Waals surface area contributed by atoms with Crippen molar-refractivity contribution >= 4 is 5.91 Å². The van der Waals surface area contributed by atoms with Crippen LogP contribution in [0, 0.1) is 0 Å². The molecule has 2 aliphatic heterocycles. The molecule has 1 atom stereocenters. The number of amides is 1. The van der Waals surface area contributed by atoms with Gasteiger partial charge >= 0.3 is 0 Å². The zero-order valence-electron chi connectivity index (χ0n) is 16.2. The smallest absolute Gasteiger partial charge is 0.254 e. The third kappa shape index (κ3) is 3.69. The number of carbonyl (C=O) groups is 1. The summed E-state index contributed by atoms with van der Waals surface area (Å²) in [6, 6.07) is 5.22. The fraction of sp³-hybridized carbons (Fsp3) is 0.550. The van der Waals surface area contributed by atoms with Crippen LogP contribution in [0.4, 0.5) is 0 Å². The molecule has 0 spiro atoms. The molecular weight excluding hydrogens is 362 g/mol. The first-order valence-corrected chi connectivity index (χ1v) is 9.62. The van der Waals surface area contributed by atoms with Crippen molar-refractivity contribution in [2.45, 2.75) is 31.1 Å². The van der Waals surface area contributed by atoms with E-state index in [0.29, 0.717) is 42.0 Å². The highest BCUT2D eigenvalue weighted by atomic mass is 16.5. The van der Waals surface area contributed by atoms with E-state index >= 15 is 0 Å². The van der Waals surface area contributed by atoms with Gasteiger partial charge in [-0.3, -0.25) is 4.79 Å². The summed E-state index contributed by atoms with van der Waals surface area (Å²) in [4.78, 5) is 19.3. The van der Waals surface area contributed by atoms with Gasteiger partial charge in [0.1, 0.15) is 0 Å². The van der Waals surface area contributed by atoms with Crippen LogP contribution in [-0.4, -0.2) is 61.5 Å². The Morgan fingerprint density at radius 2 is 1.89 bits per heavy atom. The van der Waals surface area contributed by atoms with Crippen molar-refractivity contribution in [3.05, 3.63) is 35.5 Å². The van der Waals surface area contributed by atoms with Crippen LogP contribution in [0.2, 0.25) is 0 Å². The molecule has 8 heteroatoms. The first-order valence-electron chi connectivity index (χ1n) is 9.62. The van der Waals surface area contributed by atoms with Gasteiger partial charge in [0.2, 0.25) is 5.89 Å². The topological polar surface area (TPSA) is 86.9 Å². The van der Waals surface area contributed by atoms with Crippen LogP contribution in [0.15, 0.2) is 22.7 Å². The lowest BCUT2D eigenvalue weighted by Crippen LogP contribution is -2.28. The average Bonchev–Trinajstić information content (AvgIpc) is 3.43. The summed E-state index contributed by atoms with van der Waals surface area (Å²) in [6.07, 6.45) is 2.66. The molecule has 0 bridgehead atoms. The lowest BCUT2D eigenvalue weighted by atomic mass is 10.00. The van der Waals surface area contributed by atoms with E-state index in [1.165, 1.54) is 0 Å². The quantitative estimate of drug-likeness (QED) is 0.779. The average molecular weight is 387 g/mol. The SMILES string of the molecule is COc1ccc(C(=O)N2CCC(c3nc(C4CCOCC4)no3)C2)cc1OC. The fourth-order valence-electron chi connectivity index (χ4n) is 3.83. The summed E-state index contributed by atoms with van der Waals surface area (Å²) in [5.74, 6) is 2.88. The molecule has 4 rings (SSSR count). The lowest BCUT2D eigenvalue weighted by molar-refractivity contribution is 0.0789. The summed E-state index contributed by atoms with van der Waals surface area (Å²) in [5.41, 5.74) is 0.576. The molecule has 0 saturated carbocycles. The van der Waals surface area contributed by atoms with Gasteiger partial charge in [-0.25, -0.2) is 0 Å². The van der Waals surface area contributed by atoms with Gasteiger partial charge in [-0.1, -0.05) is 5.16 Å². The highest BCUT2D eigenvalue weighted by Gasteiger charge is 2.33. The second-order valence-corrected chi connectivity index (χ2v) is 7.18. The minimum atomic E-state index is -0.0346. The molecule has 1 aromatic carbocycles. The number of hydrogen-bond donors (Lipinski definition) is 0. The van der Waals surface area contributed by atoms with Crippen LogP contribution in [0.5, 0.6) is 11.5 Å². The van der Waals surface area contributed by atoms with Crippen LogP contribution in [-0.2, 0) is 4.74 Å². The zero-order valence-corrected chi connectivity index (χ0v) is 16.2. The van der Waals surface area contributed by atoms with Gasteiger partial charge < -0.3 is 23.6 Å². The Kier molecular flexibility index (Phi) is 5.47. The Morgan fingerprint density at radius 1 is 1.11 bits per heavy atom. The molecular formula is C20H25N3O5. The second kappa shape index (κ2) is 8.18. The van der Waals surface area contributed by atoms with E-state index in [2.05, 4.69) is 10.1 Å². The van der Waals surface area contributed by atoms with Crippen molar-refractivity contribution in [1.29, 1.82) is 0 Å². The fourth-order valence-corrected chi connectivity index (χ4v) is 3.83. The van der Waals surface area contributed by atoms with Gasteiger partial charge in [-0.05, 0) is 37.5 Å². The van der Waals surface area contributed by atoms with E-state index in [-0.39, 0.29) is 11.8 Å². The maximum atomic E-state index is 12.9. The van der Waals surface area contributed by atoms with Gasteiger partial charge in [0, 0.05) is 37.8 Å². The summed E-state index contributed by atoms with van der Waals surface area (Å²) >= 11 is 0. The van der Waals surface area contributed by atoms with E-state index < -0.39 is 0 Å². The molecule has 8 nitrogen and oxygen atoms in total. The molecule has 3 heterocycles. The Hall–Kier alpha value is -2.61. The number of rotatable bonds is 5. The molecule has 2 aliphatic rings. The van der Waals surface area contributed by atoms with Crippen LogP contribution >= 0.6 is 0 Å². The largest absolute Gasteiger partial charge is 0.493 e. The third-order valence-electron chi connectivity index (χ3n) is 5.50. The van der Waals surface area contributed by atoms with Gasteiger partial charge in [0.25, 0.3) is 5.91 Å². The first kappa shape index (κ1) is 18.7. The van der Waals surface area contributed by atoms with Crippen LogP contribution in [0.1, 0.15) is 53.2 Å². The van der Waals surface area contributed by atoms with Crippen molar-refractivity contribution in [2.24, 2.45) is 0 Å². The minimum absolute atomic E-state index is 0.0346. The highest BCUT2D eigenvalue weighted by Crippen LogP contribution is 2.32. The summed E-state index contributed by atoms with van der Waals surface area (Å²) < 4.78 is 21.5. The third-order valence-corrected chi connectivity index (χ3v) is 5.50. The molecule has 1 amide bonds. The number of ether oxygens (including phenoxy) is 3. The molecule has 2 saturated heterocycles. The van der Waals surface area contributed by atoms with E-state index in [4.69, 9.17) is 18.7 Å². The number of benzene rings is 1. The summed E-state index contributed by atoms with van der Waals surface area (Å²) in [6.45, 7) is 2.71. The Balaban J connectivity index is 1.42. The number of hydrogen-bond acceptors (Lipinski definition) is 7.